The van der Waals surface area contributed by atoms with E-state index in [1.165, 1.54) is 0 Å². The Bertz CT molecular complexity index is 464. The first kappa shape index (κ1) is 12.1. The second kappa shape index (κ2) is 5.19. The van der Waals surface area contributed by atoms with E-state index in [2.05, 4.69) is 4.98 Å². The number of nitrogens with two attached hydrogens (primary N) is 1. The lowest BCUT2D eigenvalue weighted by molar-refractivity contribution is 1.37. The monoisotopic (exact) mass is 242 g/mol. The molecule has 0 bridgehead atoms. The molecule has 0 aliphatic heterocycles. The van der Waals surface area contributed by atoms with Crippen molar-refractivity contribution in [3.8, 4) is 0 Å². The van der Waals surface area contributed by atoms with Crippen LogP contribution < -0.4 is 5.73 Å². The molecule has 2 aromatic rings. The molecule has 0 aliphatic rings. The summed E-state index contributed by atoms with van der Waals surface area (Å²) < 4.78 is 0. The lowest BCUT2D eigenvalue weighted by Gasteiger charge is -2.02. The standard InChI is InChI=1S/C9H6Cl2N2.C2H6/c10-7-2-1-5-4-13-8(12)3-6(5)9(7)11;1-2/h1-4H,(H2,12,13);1-2H3. The van der Waals surface area contributed by atoms with Crippen LogP contribution in [-0.4, -0.2) is 4.98 Å². The van der Waals surface area contributed by atoms with E-state index in [1.807, 2.05) is 19.9 Å². The van der Waals surface area contributed by atoms with E-state index in [0.29, 0.717) is 15.9 Å². The Morgan fingerprint density at radius 3 is 2.53 bits per heavy atom. The fourth-order valence-electron chi connectivity index (χ4n) is 1.17. The van der Waals surface area contributed by atoms with Crippen molar-refractivity contribution in [1.29, 1.82) is 0 Å². The second-order valence-corrected chi connectivity index (χ2v) is 3.48. The highest BCUT2D eigenvalue weighted by molar-refractivity contribution is 6.45. The average molecular weight is 243 g/mol. The van der Waals surface area contributed by atoms with Gasteiger partial charge in [-0.1, -0.05) is 43.1 Å². The molecule has 0 saturated heterocycles. The number of hydrogen-bond donors (Lipinski definition) is 1. The van der Waals surface area contributed by atoms with Gasteiger partial charge >= 0.3 is 0 Å². The topological polar surface area (TPSA) is 38.9 Å². The van der Waals surface area contributed by atoms with Crippen LogP contribution in [0, 0.1) is 0 Å². The molecule has 80 valence electrons. The number of rotatable bonds is 0. The zero-order valence-corrected chi connectivity index (χ0v) is 10.1. The van der Waals surface area contributed by atoms with Crippen LogP contribution in [0.5, 0.6) is 0 Å². The summed E-state index contributed by atoms with van der Waals surface area (Å²) in [7, 11) is 0. The van der Waals surface area contributed by atoms with Gasteiger partial charge in [-0.3, -0.25) is 0 Å². The Morgan fingerprint density at radius 2 is 1.87 bits per heavy atom. The third-order valence-corrected chi connectivity index (χ3v) is 2.63. The summed E-state index contributed by atoms with van der Waals surface area (Å²) in [5.41, 5.74) is 5.53. The zero-order chi connectivity index (χ0) is 11.4. The molecule has 0 unspecified atom stereocenters. The molecule has 0 fully saturated rings. The third-order valence-electron chi connectivity index (χ3n) is 1.81. The fourth-order valence-corrected chi connectivity index (χ4v) is 1.56. The molecule has 4 heteroatoms. The van der Waals surface area contributed by atoms with Gasteiger partial charge in [0.25, 0.3) is 0 Å². The quantitative estimate of drug-likeness (QED) is 0.754. The SMILES string of the molecule is CC.Nc1cc2c(Cl)c(Cl)ccc2cn1. The van der Waals surface area contributed by atoms with Crippen LogP contribution in [0.4, 0.5) is 5.82 Å². The van der Waals surface area contributed by atoms with Crippen molar-refractivity contribution >= 4 is 39.8 Å². The van der Waals surface area contributed by atoms with Crippen molar-refractivity contribution in [3.63, 3.8) is 0 Å². The fraction of sp³-hybridized carbons (Fsp3) is 0.182. The highest BCUT2D eigenvalue weighted by Gasteiger charge is 2.03. The first-order valence-electron chi connectivity index (χ1n) is 4.68. The van der Waals surface area contributed by atoms with Crippen LogP contribution in [0.25, 0.3) is 10.8 Å². The van der Waals surface area contributed by atoms with E-state index in [1.54, 1.807) is 18.3 Å². The van der Waals surface area contributed by atoms with Crippen LogP contribution in [0.3, 0.4) is 0 Å². The van der Waals surface area contributed by atoms with E-state index in [9.17, 15) is 0 Å². The maximum absolute atomic E-state index is 5.98. The summed E-state index contributed by atoms with van der Waals surface area (Å²) in [6, 6.07) is 5.31. The molecule has 2 N–H and O–H groups in total. The number of aromatic nitrogens is 1. The van der Waals surface area contributed by atoms with Gasteiger partial charge in [-0.25, -0.2) is 4.98 Å². The molecule has 0 aliphatic carbocycles. The Kier molecular flexibility index (Phi) is 4.18. The van der Waals surface area contributed by atoms with E-state index in [4.69, 9.17) is 28.9 Å². The predicted octanol–water partition coefficient (Wildman–Crippen LogP) is 4.15. The largest absolute Gasteiger partial charge is 0.384 e. The Morgan fingerprint density at radius 1 is 1.20 bits per heavy atom. The Hall–Kier alpha value is -0.990. The number of pyridine rings is 1. The molecule has 1 heterocycles. The second-order valence-electron chi connectivity index (χ2n) is 2.69. The third kappa shape index (κ3) is 2.52. The summed E-state index contributed by atoms with van der Waals surface area (Å²) in [5.74, 6) is 0.441. The van der Waals surface area contributed by atoms with Crippen molar-refractivity contribution in [2.45, 2.75) is 13.8 Å². The minimum Gasteiger partial charge on any atom is -0.384 e. The highest BCUT2D eigenvalue weighted by Crippen LogP contribution is 2.30. The maximum atomic E-state index is 5.98. The summed E-state index contributed by atoms with van der Waals surface area (Å²) >= 11 is 11.8. The Balaban J connectivity index is 0.000000531. The number of nitrogen functional groups attached to an aromatic ring is 1. The summed E-state index contributed by atoms with van der Waals surface area (Å²) in [6.07, 6.45) is 1.67. The maximum Gasteiger partial charge on any atom is 0.123 e. The van der Waals surface area contributed by atoms with Gasteiger partial charge in [-0.15, -0.1) is 0 Å². The van der Waals surface area contributed by atoms with Gasteiger partial charge in [0.2, 0.25) is 0 Å². The number of anilines is 1. The van der Waals surface area contributed by atoms with Gasteiger partial charge in [0.15, 0.2) is 0 Å². The minimum absolute atomic E-state index is 0.441. The highest BCUT2D eigenvalue weighted by atomic mass is 35.5. The molecule has 0 spiro atoms. The van der Waals surface area contributed by atoms with Crippen LogP contribution in [-0.2, 0) is 0 Å². The molecule has 0 amide bonds. The summed E-state index contributed by atoms with van der Waals surface area (Å²) in [5, 5.41) is 2.82. The zero-order valence-electron chi connectivity index (χ0n) is 8.59. The molecule has 2 rings (SSSR count). The van der Waals surface area contributed by atoms with Crippen molar-refractivity contribution in [1.82, 2.24) is 4.98 Å². The van der Waals surface area contributed by atoms with E-state index < -0.39 is 0 Å². The molecule has 1 aromatic carbocycles. The van der Waals surface area contributed by atoms with E-state index in [-0.39, 0.29) is 0 Å². The number of halogens is 2. The van der Waals surface area contributed by atoms with E-state index in [0.717, 1.165) is 10.8 Å². The van der Waals surface area contributed by atoms with Gasteiger partial charge in [0.05, 0.1) is 10.0 Å². The van der Waals surface area contributed by atoms with Crippen molar-refractivity contribution in [2.24, 2.45) is 0 Å². The van der Waals surface area contributed by atoms with Gasteiger partial charge in [0.1, 0.15) is 5.82 Å². The van der Waals surface area contributed by atoms with Crippen LogP contribution >= 0.6 is 23.2 Å². The van der Waals surface area contributed by atoms with Crippen LogP contribution in [0.1, 0.15) is 13.8 Å². The predicted molar refractivity (Wildman–Crippen MR) is 67.5 cm³/mol. The molecule has 0 atom stereocenters. The van der Waals surface area contributed by atoms with E-state index >= 15 is 0 Å². The van der Waals surface area contributed by atoms with Gasteiger partial charge in [-0.05, 0) is 12.1 Å². The molecule has 1 aromatic heterocycles. The average Bonchev–Trinajstić information content (AvgIpc) is 2.27. The molecular weight excluding hydrogens is 231 g/mol. The number of benzene rings is 1. The number of fused-ring (bicyclic) bond motifs is 1. The smallest absolute Gasteiger partial charge is 0.123 e. The molecule has 0 saturated carbocycles. The Labute approximate surface area is 99.0 Å². The molecule has 2 nitrogen and oxygen atoms in total. The first-order valence-corrected chi connectivity index (χ1v) is 5.43. The van der Waals surface area contributed by atoms with Gasteiger partial charge in [0, 0.05) is 17.0 Å². The van der Waals surface area contributed by atoms with Gasteiger partial charge < -0.3 is 5.73 Å². The molecule has 0 radical (unpaired) electrons. The first-order chi connectivity index (χ1) is 7.18. The van der Waals surface area contributed by atoms with Crippen LogP contribution in [0.15, 0.2) is 24.4 Å². The minimum atomic E-state index is 0.441. The normalized spacial score (nSPS) is 9.60. The number of nitrogens with zero attached hydrogens (tertiary/aromatic N) is 1. The molecule has 15 heavy (non-hydrogen) atoms. The van der Waals surface area contributed by atoms with Crippen molar-refractivity contribution in [2.75, 3.05) is 5.73 Å². The van der Waals surface area contributed by atoms with Crippen molar-refractivity contribution < 1.29 is 0 Å². The molecular formula is C11H12Cl2N2. The van der Waals surface area contributed by atoms with Crippen LogP contribution in [0.2, 0.25) is 10.0 Å². The number of hydrogen-bond acceptors (Lipinski definition) is 2. The summed E-state index contributed by atoms with van der Waals surface area (Å²) in [4.78, 5) is 3.95. The lowest BCUT2D eigenvalue weighted by atomic mass is 10.2. The lowest BCUT2D eigenvalue weighted by Crippen LogP contribution is -1.89. The van der Waals surface area contributed by atoms with Gasteiger partial charge in [-0.2, -0.15) is 0 Å². The van der Waals surface area contributed by atoms with Crippen molar-refractivity contribution in [3.05, 3.63) is 34.4 Å². The summed E-state index contributed by atoms with van der Waals surface area (Å²) in [6.45, 7) is 4.00.